The van der Waals surface area contributed by atoms with Gasteiger partial charge in [-0.05, 0) is 24.1 Å². The summed E-state index contributed by atoms with van der Waals surface area (Å²) >= 11 is 5.88. The van der Waals surface area contributed by atoms with Crippen LogP contribution in [0, 0.1) is 0 Å². The summed E-state index contributed by atoms with van der Waals surface area (Å²) in [5, 5.41) is 0.733. The first kappa shape index (κ1) is 12.2. The molecule has 17 heavy (non-hydrogen) atoms. The Kier molecular flexibility index (Phi) is 3.53. The number of benzene rings is 1. The summed E-state index contributed by atoms with van der Waals surface area (Å²) in [4.78, 5) is 13.8. The molecule has 1 aromatic rings. The van der Waals surface area contributed by atoms with E-state index >= 15 is 0 Å². The average Bonchev–Trinajstić information content (AvgIpc) is 2.61. The molecular formula is C14H16ClNO. The molecule has 1 saturated carbocycles. The van der Waals surface area contributed by atoms with Crippen molar-refractivity contribution in [1.29, 1.82) is 0 Å². The Balaban J connectivity index is 2.32. The summed E-state index contributed by atoms with van der Waals surface area (Å²) in [6.07, 6.45) is 3.49. The number of hydrogen-bond acceptors (Lipinski definition) is 2. The van der Waals surface area contributed by atoms with Crippen molar-refractivity contribution in [3.05, 3.63) is 46.6 Å². The number of hydrogen-bond donors (Lipinski definition) is 0. The SMILES string of the molecule is CN(C)/C=C1\C(=O)CC[C@@H]1c1ccc(Cl)cc1. The van der Waals surface area contributed by atoms with Crippen molar-refractivity contribution in [1.82, 2.24) is 4.90 Å². The zero-order valence-electron chi connectivity index (χ0n) is 10.1. The van der Waals surface area contributed by atoms with Crippen molar-refractivity contribution in [3.63, 3.8) is 0 Å². The van der Waals surface area contributed by atoms with E-state index in [4.69, 9.17) is 11.6 Å². The number of allylic oxidation sites excluding steroid dienone is 1. The number of carbonyl (C=O) groups is 1. The highest BCUT2D eigenvalue weighted by Crippen LogP contribution is 2.37. The van der Waals surface area contributed by atoms with Gasteiger partial charge in [0.1, 0.15) is 0 Å². The molecule has 0 heterocycles. The predicted molar refractivity (Wildman–Crippen MR) is 70.2 cm³/mol. The third kappa shape index (κ3) is 2.70. The molecule has 0 spiro atoms. The normalized spacial score (nSPS) is 22.2. The van der Waals surface area contributed by atoms with Crippen LogP contribution in [0.25, 0.3) is 0 Å². The summed E-state index contributed by atoms with van der Waals surface area (Å²) in [6, 6.07) is 7.78. The van der Waals surface area contributed by atoms with Crippen molar-refractivity contribution in [2.75, 3.05) is 14.1 Å². The lowest BCUT2D eigenvalue weighted by Gasteiger charge is -2.14. The molecule has 2 nitrogen and oxygen atoms in total. The van der Waals surface area contributed by atoms with Crippen LogP contribution in [0.3, 0.4) is 0 Å². The van der Waals surface area contributed by atoms with Gasteiger partial charge >= 0.3 is 0 Å². The van der Waals surface area contributed by atoms with Crippen molar-refractivity contribution in [3.8, 4) is 0 Å². The molecule has 0 unspecified atom stereocenters. The highest BCUT2D eigenvalue weighted by molar-refractivity contribution is 6.30. The van der Waals surface area contributed by atoms with Crippen LogP contribution in [-0.4, -0.2) is 24.8 Å². The second kappa shape index (κ2) is 4.92. The van der Waals surface area contributed by atoms with Crippen molar-refractivity contribution in [2.45, 2.75) is 18.8 Å². The Bertz CT molecular complexity index is 448. The van der Waals surface area contributed by atoms with Crippen LogP contribution in [-0.2, 0) is 4.79 Å². The van der Waals surface area contributed by atoms with Crippen molar-refractivity contribution in [2.24, 2.45) is 0 Å². The smallest absolute Gasteiger partial charge is 0.160 e. The van der Waals surface area contributed by atoms with E-state index in [0.29, 0.717) is 6.42 Å². The van der Waals surface area contributed by atoms with E-state index in [1.165, 1.54) is 5.56 Å². The Morgan fingerprint density at radius 2 is 1.94 bits per heavy atom. The van der Waals surface area contributed by atoms with Crippen LogP contribution in [0.2, 0.25) is 5.02 Å². The highest BCUT2D eigenvalue weighted by atomic mass is 35.5. The molecule has 0 N–H and O–H groups in total. The van der Waals surface area contributed by atoms with Crippen LogP contribution >= 0.6 is 11.6 Å². The lowest BCUT2D eigenvalue weighted by Crippen LogP contribution is -2.08. The standard InChI is InChI=1S/C14H16ClNO/c1-16(2)9-13-12(7-8-14(13)17)10-3-5-11(15)6-4-10/h3-6,9,12H,7-8H2,1-2H3/b13-9-/t12-/m1/s1. The molecule has 1 aliphatic rings. The first-order valence-corrected chi connectivity index (χ1v) is 6.12. The molecule has 1 atom stereocenters. The van der Waals surface area contributed by atoms with Crippen molar-refractivity contribution < 1.29 is 4.79 Å². The van der Waals surface area contributed by atoms with E-state index in [9.17, 15) is 4.79 Å². The second-order valence-electron chi connectivity index (χ2n) is 4.61. The summed E-state index contributed by atoms with van der Waals surface area (Å²) in [5.41, 5.74) is 2.09. The van der Waals surface area contributed by atoms with Gasteiger partial charge in [0.2, 0.25) is 0 Å². The van der Waals surface area contributed by atoms with E-state index in [0.717, 1.165) is 17.0 Å². The molecule has 3 heteroatoms. The minimum absolute atomic E-state index is 0.224. The molecule has 0 amide bonds. The quantitative estimate of drug-likeness (QED) is 0.750. The van der Waals surface area contributed by atoms with Gasteiger partial charge < -0.3 is 4.90 Å². The maximum atomic E-state index is 11.8. The molecule has 1 fully saturated rings. The van der Waals surface area contributed by atoms with E-state index in [2.05, 4.69) is 0 Å². The minimum Gasteiger partial charge on any atom is -0.383 e. The van der Waals surface area contributed by atoms with Gasteiger partial charge in [0.25, 0.3) is 0 Å². The Morgan fingerprint density at radius 3 is 2.53 bits per heavy atom. The van der Waals surface area contributed by atoms with E-state index < -0.39 is 0 Å². The van der Waals surface area contributed by atoms with Gasteiger partial charge in [-0.25, -0.2) is 0 Å². The summed E-state index contributed by atoms with van der Waals surface area (Å²) in [7, 11) is 3.88. The molecule has 0 saturated heterocycles. The van der Waals surface area contributed by atoms with E-state index in [-0.39, 0.29) is 11.7 Å². The second-order valence-corrected chi connectivity index (χ2v) is 5.05. The molecule has 1 aliphatic carbocycles. The maximum Gasteiger partial charge on any atom is 0.160 e. The summed E-state index contributed by atoms with van der Waals surface area (Å²) in [6.45, 7) is 0. The third-order valence-electron chi connectivity index (χ3n) is 3.03. The summed E-state index contributed by atoms with van der Waals surface area (Å²) < 4.78 is 0. The van der Waals surface area contributed by atoms with Gasteiger partial charge in [-0.1, -0.05) is 23.7 Å². The van der Waals surface area contributed by atoms with Gasteiger partial charge in [0, 0.05) is 43.2 Å². The fourth-order valence-electron chi connectivity index (χ4n) is 2.25. The molecule has 1 aromatic carbocycles. The van der Waals surface area contributed by atoms with Crippen molar-refractivity contribution >= 4 is 17.4 Å². The van der Waals surface area contributed by atoms with Crippen LogP contribution in [0.5, 0.6) is 0 Å². The van der Waals surface area contributed by atoms with Gasteiger partial charge in [0.15, 0.2) is 5.78 Å². The Hall–Kier alpha value is -1.28. The van der Waals surface area contributed by atoms with Gasteiger partial charge in [-0.15, -0.1) is 0 Å². The first-order chi connectivity index (χ1) is 8.08. The predicted octanol–water partition coefficient (Wildman–Crippen LogP) is 3.23. The molecule has 2 rings (SSSR count). The zero-order valence-corrected chi connectivity index (χ0v) is 10.9. The lowest BCUT2D eigenvalue weighted by atomic mass is 9.94. The van der Waals surface area contributed by atoms with Crippen LogP contribution in [0.4, 0.5) is 0 Å². The number of rotatable bonds is 2. The largest absolute Gasteiger partial charge is 0.383 e. The van der Waals surface area contributed by atoms with Gasteiger partial charge in [-0.2, -0.15) is 0 Å². The van der Waals surface area contributed by atoms with E-state index in [1.54, 1.807) is 0 Å². The first-order valence-electron chi connectivity index (χ1n) is 5.74. The van der Waals surface area contributed by atoms with Crippen LogP contribution < -0.4 is 0 Å². The fourth-order valence-corrected chi connectivity index (χ4v) is 2.38. The molecule has 0 aliphatic heterocycles. The molecule has 0 radical (unpaired) electrons. The molecule has 0 bridgehead atoms. The van der Waals surface area contributed by atoms with E-state index in [1.807, 2.05) is 49.5 Å². The topological polar surface area (TPSA) is 20.3 Å². The lowest BCUT2D eigenvalue weighted by molar-refractivity contribution is -0.114. The van der Waals surface area contributed by atoms with Crippen LogP contribution in [0.1, 0.15) is 24.3 Å². The molecular weight excluding hydrogens is 234 g/mol. The number of ketones is 1. The number of nitrogens with zero attached hydrogens (tertiary/aromatic N) is 1. The summed E-state index contributed by atoms with van der Waals surface area (Å²) in [5.74, 6) is 0.487. The Labute approximate surface area is 107 Å². The fraction of sp³-hybridized carbons (Fsp3) is 0.357. The number of Topliss-reactive ketones (excluding diaryl/α,β-unsaturated/α-hetero) is 1. The molecule has 90 valence electrons. The van der Waals surface area contributed by atoms with Gasteiger partial charge in [-0.3, -0.25) is 4.79 Å². The maximum absolute atomic E-state index is 11.8. The van der Waals surface area contributed by atoms with Gasteiger partial charge in [0.05, 0.1) is 0 Å². The highest BCUT2D eigenvalue weighted by Gasteiger charge is 2.29. The molecule has 0 aromatic heterocycles. The number of carbonyl (C=O) groups excluding carboxylic acids is 1. The van der Waals surface area contributed by atoms with Crippen LogP contribution in [0.15, 0.2) is 36.0 Å². The third-order valence-corrected chi connectivity index (χ3v) is 3.28. The zero-order chi connectivity index (χ0) is 12.4. The average molecular weight is 250 g/mol. The number of halogens is 1. The monoisotopic (exact) mass is 249 g/mol. The Morgan fingerprint density at radius 1 is 1.29 bits per heavy atom. The minimum atomic E-state index is 0.224.